The van der Waals surface area contributed by atoms with Crippen molar-refractivity contribution < 1.29 is 24.2 Å². The Kier molecular flexibility index (Phi) is 13.1. The van der Waals surface area contributed by atoms with Crippen LogP contribution in [0.3, 0.4) is 0 Å². The van der Waals surface area contributed by atoms with Crippen molar-refractivity contribution in [2.75, 3.05) is 19.6 Å². The summed E-state index contributed by atoms with van der Waals surface area (Å²) in [5.41, 5.74) is -0.163. The molecule has 8 heteroatoms. The predicted molar refractivity (Wildman–Crippen MR) is 133 cm³/mol. The Balaban J connectivity index is 3.12. The lowest BCUT2D eigenvalue weighted by Gasteiger charge is -2.32. The molecule has 0 aromatic heterocycles. The number of hydrogen-bond acceptors (Lipinski definition) is 5. The molecule has 0 fully saturated rings. The third-order valence-electron chi connectivity index (χ3n) is 5.18. The normalized spacial score (nSPS) is 12.0. The molecule has 0 spiro atoms. The second-order valence-corrected chi connectivity index (χ2v) is 9.50. The van der Waals surface area contributed by atoms with Gasteiger partial charge in [0.15, 0.2) is 0 Å². The lowest BCUT2D eigenvalue weighted by molar-refractivity contribution is -0.140. The molecule has 3 N–H and O–H groups in total. The molecule has 0 saturated heterocycles. The van der Waals surface area contributed by atoms with Crippen LogP contribution in [0.25, 0.3) is 0 Å². The average Bonchev–Trinajstić information content (AvgIpc) is 2.76. The van der Waals surface area contributed by atoms with Crippen LogP contribution in [0.4, 0.5) is 4.79 Å². The Morgan fingerprint density at radius 3 is 2.29 bits per heavy atom. The maximum absolute atomic E-state index is 13.3. The van der Waals surface area contributed by atoms with Crippen molar-refractivity contribution in [2.24, 2.45) is 0 Å². The van der Waals surface area contributed by atoms with Gasteiger partial charge in [0.2, 0.25) is 11.8 Å². The van der Waals surface area contributed by atoms with Crippen LogP contribution < -0.4 is 10.6 Å². The molecule has 34 heavy (non-hydrogen) atoms. The minimum atomic E-state index is -0.914. The molecule has 192 valence electrons. The summed E-state index contributed by atoms with van der Waals surface area (Å²) in [4.78, 5) is 40.1. The van der Waals surface area contributed by atoms with Gasteiger partial charge in [-0.25, -0.2) is 4.79 Å². The van der Waals surface area contributed by atoms with E-state index in [1.807, 2.05) is 0 Å². The largest absolute Gasteiger partial charge is 0.508 e. The second-order valence-electron chi connectivity index (χ2n) is 9.50. The van der Waals surface area contributed by atoms with Gasteiger partial charge in [-0.15, -0.1) is 0 Å². The molecular formula is C26H43N3O5. The van der Waals surface area contributed by atoms with Gasteiger partial charge in [-0.3, -0.25) is 9.59 Å². The third kappa shape index (κ3) is 11.4. The third-order valence-corrected chi connectivity index (χ3v) is 5.18. The molecule has 0 radical (unpaired) electrons. The van der Waals surface area contributed by atoms with E-state index >= 15 is 0 Å². The van der Waals surface area contributed by atoms with E-state index in [2.05, 4.69) is 24.5 Å². The van der Waals surface area contributed by atoms with E-state index in [0.29, 0.717) is 18.7 Å². The van der Waals surface area contributed by atoms with E-state index in [-0.39, 0.29) is 24.1 Å². The van der Waals surface area contributed by atoms with Gasteiger partial charge in [-0.1, -0.05) is 58.1 Å². The standard InChI is InChI=1S/C26H43N3O5/c1-6-8-10-12-17-29(22(31)19-28-25(33)34-26(3,4)5)23(20-14-13-15-21(30)18-20)24(32)27-16-11-9-7-2/h13-15,18,23,30H,6-12,16-17,19H2,1-5H3,(H,27,32)(H,28,33). The number of alkyl carbamates (subject to hydrolysis) is 1. The van der Waals surface area contributed by atoms with Gasteiger partial charge < -0.3 is 25.4 Å². The Labute approximate surface area is 204 Å². The topological polar surface area (TPSA) is 108 Å². The summed E-state index contributed by atoms with van der Waals surface area (Å²) >= 11 is 0. The van der Waals surface area contributed by atoms with Gasteiger partial charge in [0, 0.05) is 13.1 Å². The maximum atomic E-state index is 13.3. The van der Waals surface area contributed by atoms with Crippen molar-refractivity contribution in [3.05, 3.63) is 29.8 Å². The molecule has 1 unspecified atom stereocenters. The number of amides is 3. The number of rotatable bonds is 14. The molecule has 3 amide bonds. The quantitative estimate of drug-likeness (QED) is 0.337. The number of phenols is 1. The number of phenolic OH excluding ortho intramolecular Hbond substituents is 1. The molecule has 0 saturated carbocycles. The summed E-state index contributed by atoms with van der Waals surface area (Å²) in [6.07, 6.45) is 5.90. The fraction of sp³-hybridized carbons (Fsp3) is 0.654. The zero-order valence-electron chi connectivity index (χ0n) is 21.5. The summed E-state index contributed by atoms with van der Waals surface area (Å²) in [5.74, 6) is -0.672. The Morgan fingerprint density at radius 1 is 1.00 bits per heavy atom. The van der Waals surface area contributed by atoms with Crippen molar-refractivity contribution in [3.63, 3.8) is 0 Å². The number of hydrogen-bond donors (Lipinski definition) is 3. The summed E-state index contributed by atoms with van der Waals surface area (Å²) in [5, 5.41) is 15.5. The van der Waals surface area contributed by atoms with Gasteiger partial charge in [0.1, 0.15) is 23.9 Å². The molecule has 0 aliphatic rings. The molecule has 0 aliphatic carbocycles. The van der Waals surface area contributed by atoms with Crippen LogP contribution in [0, 0.1) is 0 Å². The van der Waals surface area contributed by atoms with E-state index in [4.69, 9.17) is 4.74 Å². The van der Waals surface area contributed by atoms with E-state index in [9.17, 15) is 19.5 Å². The fourth-order valence-corrected chi connectivity index (χ4v) is 3.52. The summed E-state index contributed by atoms with van der Waals surface area (Å²) in [6.45, 7) is 10.0. The van der Waals surface area contributed by atoms with E-state index < -0.39 is 17.7 Å². The maximum Gasteiger partial charge on any atom is 0.408 e. The number of carbonyl (C=O) groups is 3. The molecule has 0 aliphatic heterocycles. The first-order chi connectivity index (χ1) is 16.1. The number of nitrogens with one attached hydrogen (secondary N) is 2. The van der Waals surface area contributed by atoms with Crippen LogP contribution in [0.1, 0.15) is 91.2 Å². The zero-order valence-corrected chi connectivity index (χ0v) is 21.5. The van der Waals surface area contributed by atoms with Crippen LogP contribution >= 0.6 is 0 Å². The summed E-state index contributed by atoms with van der Waals surface area (Å²) < 4.78 is 5.23. The smallest absolute Gasteiger partial charge is 0.408 e. The van der Waals surface area contributed by atoms with E-state index in [0.717, 1.165) is 44.9 Å². The van der Waals surface area contributed by atoms with E-state index in [1.54, 1.807) is 32.9 Å². The minimum absolute atomic E-state index is 0.0199. The summed E-state index contributed by atoms with van der Waals surface area (Å²) in [6, 6.07) is 5.49. The lowest BCUT2D eigenvalue weighted by atomic mass is 10.0. The van der Waals surface area contributed by atoms with Crippen LogP contribution in [0.5, 0.6) is 5.75 Å². The first kappa shape index (κ1) is 29.3. The minimum Gasteiger partial charge on any atom is -0.508 e. The van der Waals surface area contributed by atoms with Crippen LogP contribution in [0.2, 0.25) is 0 Å². The van der Waals surface area contributed by atoms with Gasteiger partial charge >= 0.3 is 6.09 Å². The molecule has 1 rings (SSSR count). The number of nitrogens with zero attached hydrogens (tertiary/aromatic N) is 1. The molecule has 1 aromatic carbocycles. The number of unbranched alkanes of at least 4 members (excludes halogenated alkanes) is 5. The van der Waals surface area contributed by atoms with Crippen molar-refractivity contribution in [1.29, 1.82) is 0 Å². The number of benzene rings is 1. The highest BCUT2D eigenvalue weighted by atomic mass is 16.6. The first-order valence-electron chi connectivity index (χ1n) is 12.4. The van der Waals surface area contributed by atoms with Gasteiger partial charge in [-0.05, 0) is 51.3 Å². The molecule has 8 nitrogen and oxygen atoms in total. The van der Waals surface area contributed by atoms with Crippen LogP contribution in [-0.4, -0.2) is 53.1 Å². The van der Waals surface area contributed by atoms with Gasteiger partial charge in [0.25, 0.3) is 0 Å². The van der Waals surface area contributed by atoms with Crippen molar-refractivity contribution in [2.45, 2.75) is 91.2 Å². The average molecular weight is 478 g/mol. The van der Waals surface area contributed by atoms with E-state index in [1.165, 1.54) is 17.0 Å². The highest BCUT2D eigenvalue weighted by Gasteiger charge is 2.31. The molecule has 1 atom stereocenters. The highest BCUT2D eigenvalue weighted by Crippen LogP contribution is 2.25. The lowest BCUT2D eigenvalue weighted by Crippen LogP contribution is -2.48. The Hall–Kier alpha value is -2.77. The molecule has 0 heterocycles. The van der Waals surface area contributed by atoms with Crippen molar-refractivity contribution in [1.82, 2.24) is 15.5 Å². The number of carbonyl (C=O) groups excluding carboxylic acids is 3. The number of aromatic hydroxyl groups is 1. The SMILES string of the molecule is CCCCCCN(C(=O)CNC(=O)OC(C)(C)C)C(C(=O)NCCCCC)c1cccc(O)c1. The van der Waals surface area contributed by atoms with Gasteiger partial charge in [-0.2, -0.15) is 0 Å². The predicted octanol–water partition coefficient (Wildman–Crippen LogP) is 4.67. The second kappa shape index (κ2) is 15.2. The zero-order chi connectivity index (χ0) is 25.6. The van der Waals surface area contributed by atoms with Crippen LogP contribution in [-0.2, 0) is 14.3 Å². The Bertz CT molecular complexity index is 776. The van der Waals surface area contributed by atoms with Crippen molar-refractivity contribution >= 4 is 17.9 Å². The monoisotopic (exact) mass is 477 g/mol. The first-order valence-corrected chi connectivity index (χ1v) is 12.4. The molecular weight excluding hydrogens is 434 g/mol. The Morgan fingerprint density at radius 2 is 1.68 bits per heavy atom. The molecule has 0 bridgehead atoms. The highest BCUT2D eigenvalue weighted by molar-refractivity contribution is 5.90. The summed E-state index contributed by atoms with van der Waals surface area (Å²) in [7, 11) is 0. The fourth-order valence-electron chi connectivity index (χ4n) is 3.52. The molecule has 1 aromatic rings. The van der Waals surface area contributed by atoms with Crippen molar-refractivity contribution in [3.8, 4) is 5.75 Å². The number of ether oxygens (including phenoxy) is 1. The van der Waals surface area contributed by atoms with Gasteiger partial charge in [0.05, 0.1) is 0 Å². The van der Waals surface area contributed by atoms with Crippen LogP contribution in [0.15, 0.2) is 24.3 Å².